The minimum atomic E-state index is -4.23. The second kappa shape index (κ2) is 12.4. The molecule has 7 rings (SSSR count). The quantitative estimate of drug-likeness (QED) is 0.244. The van der Waals surface area contributed by atoms with Gasteiger partial charge in [-0.1, -0.05) is 30.3 Å². The summed E-state index contributed by atoms with van der Waals surface area (Å²) in [6.45, 7) is 8.00. The molecule has 12 heteroatoms. The standard InChI is InChI=1S/C36H40F3N5O3S/c1-25-28(8-9-34-31(25)17-29(19-40)44(34)22-30-21-43(14-15-47-30)48(2,45)46)20-41-12-10-35(11-13-41)23-42(24-35)33-5-3-4-27-7-6-26(16-32(27)33)18-36(37,38)39/h3-9,16-17,30H,10-15,18,20-24H2,1-2H3. The lowest BCUT2D eigenvalue weighted by molar-refractivity contribution is -0.127. The van der Waals surface area contributed by atoms with Crippen molar-refractivity contribution in [2.24, 2.45) is 5.41 Å². The minimum absolute atomic E-state index is 0.216. The van der Waals surface area contributed by atoms with E-state index in [1.807, 2.05) is 28.8 Å². The van der Waals surface area contributed by atoms with Gasteiger partial charge in [-0.25, -0.2) is 8.42 Å². The molecule has 3 saturated heterocycles. The van der Waals surface area contributed by atoms with Gasteiger partial charge in [-0.2, -0.15) is 22.7 Å². The molecule has 3 aromatic carbocycles. The van der Waals surface area contributed by atoms with Crippen molar-refractivity contribution in [2.45, 2.75) is 51.6 Å². The summed E-state index contributed by atoms with van der Waals surface area (Å²) in [6, 6.07) is 19.5. The lowest BCUT2D eigenvalue weighted by Gasteiger charge is -2.55. The normalized spacial score (nSPS) is 20.8. The summed E-state index contributed by atoms with van der Waals surface area (Å²) >= 11 is 0. The third kappa shape index (κ3) is 6.53. The molecule has 0 radical (unpaired) electrons. The number of alkyl halides is 3. The Labute approximate surface area is 279 Å². The van der Waals surface area contributed by atoms with Gasteiger partial charge in [-0.05, 0) is 79.2 Å². The summed E-state index contributed by atoms with van der Waals surface area (Å²) < 4.78 is 72.7. The first-order chi connectivity index (χ1) is 22.8. The van der Waals surface area contributed by atoms with E-state index in [0.717, 1.165) is 78.5 Å². The van der Waals surface area contributed by atoms with E-state index in [1.54, 1.807) is 18.2 Å². The second-order valence-corrected chi connectivity index (χ2v) is 15.9. The summed E-state index contributed by atoms with van der Waals surface area (Å²) in [5, 5.41) is 12.8. The van der Waals surface area contributed by atoms with Crippen LogP contribution in [0.25, 0.3) is 21.7 Å². The number of halogens is 3. The number of anilines is 1. The zero-order valence-corrected chi connectivity index (χ0v) is 28.1. The van der Waals surface area contributed by atoms with Crippen LogP contribution in [0.3, 0.4) is 0 Å². The predicted molar refractivity (Wildman–Crippen MR) is 180 cm³/mol. The first-order valence-corrected chi connectivity index (χ1v) is 18.3. The van der Waals surface area contributed by atoms with Crippen LogP contribution >= 0.6 is 0 Å². The van der Waals surface area contributed by atoms with Crippen LogP contribution in [0.1, 0.15) is 35.2 Å². The number of hydrogen-bond donors (Lipinski definition) is 0. The number of piperidine rings is 1. The highest BCUT2D eigenvalue weighted by molar-refractivity contribution is 7.88. The van der Waals surface area contributed by atoms with Crippen molar-refractivity contribution in [1.82, 2.24) is 13.8 Å². The van der Waals surface area contributed by atoms with E-state index in [-0.39, 0.29) is 18.1 Å². The number of likely N-dealkylation sites (tertiary alicyclic amines) is 1. The summed E-state index contributed by atoms with van der Waals surface area (Å²) in [6.07, 6.45) is -2.15. The molecule has 3 aliphatic rings. The summed E-state index contributed by atoms with van der Waals surface area (Å²) in [5.74, 6) is 0. The molecule has 4 aromatic rings. The van der Waals surface area contributed by atoms with E-state index >= 15 is 0 Å². The van der Waals surface area contributed by atoms with Crippen LogP contribution in [0.4, 0.5) is 18.9 Å². The number of nitrogens with zero attached hydrogens (tertiary/aromatic N) is 5. The Bertz CT molecular complexity index is 2000. The Morgan fingerprint density at radius 1 is 1.02 bits per heavy atom. The number of aryl methyl sites for hydroxylation is 1. The second-order valence-electron chi connectivity index (χ2n) is 13.9. The first-order valence-electron chi connectivity index (χ1n) is 16.5. The number of nitriles is 1. The highest BCUT2D eigenvalue weighted by Gasteiger charge is 2.45. The van der Waals surface area contributed by atoms with Gasteiger partial charge >= 0.3 is 6.18 Å². The van der Waals surface area contributed by atoms with Crippen molar-refractivity contribution >= 4 is 37.4 Å². The van der Waals surface area contributed by atoms with Gasteiger partial charge in [0.15, 0.2) is 0 Å². The van der Waals surface area contributed by atoms with E-state index in [0.29, 0.717) is 31.0 Å². The zero-order valence-electron chi connectivity index (χ0n) is 27.3. The molecule has 254 valence electrons. The van der Waals surface area contributed by atoms with Gasteiger partial charge in [0.25, 0.3) is 0 Å². The molecule has 4 heterocycles. The number of aromatic nitrogens is 1. The third-order valence-electron chi connectivity index (χ3n) is 10.6. The molecule has 0 amide bonds. The van der Waals surface area contributed by atoms with Gasteiger partial charge in [0.2, 0.25) is 10.0 Å². The van der Waals surface area contributed by atoms with Crippen LogP contribution in [-0.2, 0) is 34.3 Å². The molecule has 0 N–H and O–H groups in total. The third-order valence-corrected chi connectivity index (χ3v) is 11.8. The molecule has 1 aromatic heterocycles. The van der Waals surface area contributed by atoms with Gasteiger partial charge in [-0.3, -0.25) is 4.90 Å². The molecule has 0 bridgehead atoms. The van der Waals surface area contributed by atoms with E-state index in [4.69, 9.17) is 4.74 Å². The molecule has 3 aliphatic heterocycles. The van der Waals surface area contributed by atoms with E-state index in [2.05, 4.69) is 34.9 Å². The van der Waals surface area contributed by atoms with Crippen molar-refractivity contribution in [1.29, 1.82) is 5.26 Å². The molecule has 1 unspecified atom stereocenters. The maximum Gasteiger partial charge on any atom is 0.393 e. The van der Waals surface area contributed by atoms with E-state index in [9.17, 15) is 26.9 Å². The monoisotopic (exact) mass is 679 g/mol. The average molecular weight is 680 g/mol. The van der Waals surface area contributed by atoms with Gasteiger partial charge in [0, 0.05) is 60.1 Å². The Hall–Kier alpha value is -3.63. The van der Waals surface area contributed by atoms with Crippen LogP contribution in [-0.4, -0.2) is 86.6 Å². The minimum Gasteiger partial charge on any atom is -0.374 e. The molecule has 1 atom stereocenters. The molecule has 8 nitrogen and oxygen atoms in total. The fraction of sp³-hybridized carbons (Fsp3) is 0.472. The average Bonchev–Trinajstić information content (AvgIpc) is 3.38. The van der Waals surface area contributed by atoms with Crippen LogP contribution in [0.5, 0.6) is 0 Å². The van der Waals surface area contributed by atoms with E-state index in [1.165, 1.54) is 16.1 Å². The number of rotatable bonds is 7. The fourth-order valence-electron chi connectivity index (χ4n) is 7.89. The van der Waals surface area contributed by atoms with Crippen LogP contribution in [0.2, 0.25) is 0 Å². The number of morpholine rings is 1. The maximum atomic E-state index is 13.1. The molecule has 48 heavy (non-hydrogen) atoms. The van der Waals surface area contributed by atoms with Crippen molar-refractivity contribution in [2.75, 3.05) is 57.0 Å². The number of benzene rings is 3. The zero-order chi connectivity index (χ0) is 33.8. The lowest BCUT2D eigenvalue weighted by Crippen LogP contribution is -2.60. The van der Waals surface area contributed by atoms with Crippen LogP contribution < -0.4 is 4.90 Å². The highest BCUT2D eigenvalue weighted by Crippen LogP contribution is 2.45. The maximum absolute atomic E-state index is 13.1. The highest BCUT2D eigenvalue weighted by atomic mass is 32.2. The SMILES string of the molecule is Cc1c(CN2CCC3(CC2)CN(c2cccc4ccc(CC(F)(F)F)cc24)C3)ccc2c1cc(C#N)n2CC1CN(S(C)(=O)=O)CCO1. The van der Waals surface area contributed by atoms with Crippen LogP contribution in [0.15, 0.2) is 54.6 Å². The van der Waals surface area contributed by atoms with Crippen molar-refractivity contribution in [3.05, 3.63) is 77.0 Å². The van der Waals surface area contributed by atoms with E-state index < -0.39 is 22.6 Å². The van der Waals surface area contributed by atoms with Gasteiger partial charge < -0.3 is 14.2 Å². The summed E-state index contributed by atoms with van der Waals surface area (Å²) in [7, 11) is -3.32. The van der Waals surface area contributed by atoms with Gasteiger partial charge in [0.05, 0.1) is 31.9 Å². The van der Waals surface area contributed by atoms with Crippen molar-refractivity contribution in [3.63, 3.8) is 0 Å². The van der Waals surface area contributed by atoms with Crippen LogP contribution in [0, 0.1) is 23.7 Å². The fourth-order valence-corrected chi connectivity index (χ4v) is 8.73. The number of hydrogen-bond acceptors (Lipinski definition) is 6. The summed E-state index contributed by atoms with van der Waals surface area (Å²) in [4.78, 5) is 4.81. The van der Waals surface area contributed by atoms with Gasteiger partial charge in [0.1, 0.15) is 11.8 Å². The first kappa shape index (κ1) is 32.9. The molecule has 3 fully saturated rings. The van der Waals surface area contributed by atoms with Crippen molar-refractivity contribution in [3.8, 4) is 6.07 Å². The lowest BCUT2D eigenvalue weighted by atomic mass is 9.71. The Morgan fingerprint density at radius 3 is 2.50 bits per heavy atom. The predicted octanol–water partition coefficient (Wildman–Crippen LogP) is 5.84. The number of ether oxygens (including phenoxy) is 1. The molecule has 1 spiro atoms. The smallest absolute Gasteiger partial charge is 0.374 e. The summed E-state index contributed by atoms with van der Waals surface area (Å²) in [5.41, 5.74) is 5.35. The van der Waals surface area contributed by atoms with Gasteiger partial charge in [-0.15, -0.1) is 0 Å². The Morgan fingerprint density at radius 2 is 1.79 bits per heavy atom. The number of sulfonamides is 1. The largest absolute Gasteiger partial charge is 0.393 e. The molecular weight excluding hydrogens is 639 g/mol. The molecule has 0 aliphatic carbocycles. The topological polar surface area (TPSA) is 81.8 Å². The Kier molecular flexibility index (Phi) is 8.47. The molecular formula is C36H40F3N5O3S. The molecule has 0 saturated carbocycles. The van der Waals surface area contributed by atoms with Crippen molar-refractivity contribution < 1.29 is 26.3 Å². The number of fused-ring (bicyclic) bond motifs is 2. The Balaban J connectivity index is 1.00.